The lowest BCUT2D eigenvalue weighted by Crippen LogP contribution is -2.37. The van der Waals surface area contributed by atoms with Gasteiger partial charge in [0.15, 0.2) is 0 Å². The summed E-state index contributed by atoms with van der Waals surface area (Å²) in [7, 11) is 1.83. The summed E-state index contributed by atoms with van der Waals surface area (Å²) in [6, 6.07) is 6.15. The van der Waals surface area contributed by atoms with Crippen LogP contribution in [0, 0.1) is 6.92 Å². The second kappa shape index (κ2) is 5.07. The van der Waals surface area contributed by atoms with Crippen molar-refractivity contribution >= 4 is 33.0 Å². The van der Waals surface area contributed by atoms with Crippen molar-refractivity contribution < 1.29 is 9.53 Å². The normalized spacial score (nSPS) is 18.6. The smallest absolute Gasteiger partial charge is 0.266 e. The van der Waals surface area contributed by atoms with E-state index < -0.39 is 0 Å². The summed E-state index contributed by atoms with van der Waals surface area (Å²) in [4.78, 5) is 15.0. The number of ether oxygens (including phenoxy) is 1. The van der Waals surface area contributed by atoms with E-state index in [0.717, 1.165) is 28.7 Å². The van der Waals surface area contributed by atoms with Crippen LogP contribution in [-0.4, -0.2) is 37.1 Å². The maximum absolute atomic E-state index is 12.6. The molecule has 1 unspecified atom stereocenters. The first-order chi connectivity index (χ1) is 9.59. The van der Waals surface area contributed by atoms with Crippen LogP contribution >= 0.6 is 11.3 Å². The van der Waals surface area contributed by atoms with E-state index in [-0.39, 0.29) is 11.9 Å². The number of amides is 1. The second-order valence-electron chi connectivity index (χ2n) is 5.23. The van der Waals surface area contributed by atoms with E-state index in [2.05, 4.69) is 0 Å². The fourth-order valence-corrected chi connectivity index (χ4v) is 3.76. The van der Waals surface area contributed by atoms with Gasteiger partial charge in [0.1, 0.15) is 4.88 Å². The highest BCUT2D eigenvalue weighted by atomic mass is 32.1. The maximum atomic E-state index is 12.6. The highest BCUT2D eigenvalue weighted by molar-refractivity contribution is 7.21. The van der Waals surface area contributed by atoms with E-state index in [1.807, 2.05) is 32.2 Å². The monoisotopic (exact) mass is 290 g/mol. The van der Waals surface area contributed by atoms with Gasteiger partial charge in [0, 0.05) is 23.7 Å². The van der Waals surface area contributed by atoms with Crippen LogP contribution < -0.4 is 5.73 Å². The zero-order chi connectivity index (χ0) is 14.3. The van der Waals surface area contributed by atoms with Gasteiger partial charge in [-0.2, -0.15) is 0 Å². The number of benzene rings is 1. The second-order valence-corrected chi connectivity index (χ2v) is 6.25. The average molecular weight is 290 g/mol. The van der Waals surface area contributed by atoms with Gasteiger partial charge in [-0.15, -0.1) is 11.3 Å². The highest BCUT2D eigenvalue weighted by Crippen LogP contribution is 2.36. The highest BCUT2D eigenvalue weighted by Gasteiger charge is 2.27. The lowest BCUT2D eigenvalue weighted by atomic mass is 10.1. The van der Waals surface area contributed by atoms with Gasteiger partial charge in [-0.1, -0.05) is 18.2 Å². The van der Waals surface area contributed by atoms with E-state index >= 15 is 0 Å². The minimum Gasteiger partial charge on any atom is -0.397 e. The van der Waals surface area contributed by atoms with Gasteiger partial charge in [-0.05, 0) is 18.9 Å². The van der Waals surface area contributed by atoms with Crippen LogP contribution in [-0.2, 0) is 4.74 Å². The molecular weight excluding hydrogens is 272 g/mol. The molecule has 20 heavy (non-hydrogen) atoms. The molecule has 0 radical (unpaired) electrons. The predicted octanol–water partition coefficient (Wildman–Crippen LogP) is 2.65. The molecule has 3 rings (SSSR count). The Bertz CT molecular complexity index is 659. The number of anilines is 1. The average Bonchev–Trinajstić information content (AvgIpc) is 3.07. The zero-order valence-electron chi connectivity index (χ0n) is 11.7. The number of nitrogens with two attached hydrogens (primary N) is 1. The molecule has 0 saturated carbocycles. The van der Waals surface area contributed by atoms with E-state index in [4.69, 9.17) is 10.5 Å². The van der Waals surface area contributed by atoms with Crippen LogP contribution in [0.25, 0.3) is 10.1 Å². The number of nitrogen functional groups attached to an aromatic ring is 1. The quantitative estimate of drug-likeness (QED) is 0.925. The van der Waals surface area contributed by atoms with Crippen LogP contribution in [0.1, 0.15) is 21.7 Å². The van der Waals surface area contributed by atoms with E-state index in [9.17, 15) is 4.79 Å². The number of thiophene rings is 1. The van der Waals surface area contributed by atoms with Crippen molar-refractivity contribution in [2.75, 3.05) is 26.0 Å². The standard InChI is InChI=1S/C15H18N2O2S/c1-9-4-3-5-11-12(16)14(20-13(9)11)15(18)17(2)10-6-7-19-8-10/h3-5,10H,6-8,16H2,1-2H3. The summed E-state index contributed by atoms with van der Waals surface area (Å²) >= 11 is 1.49. The zero-order valence-corrected chi connectivity index (χ0v) is 12.5. The molecule has 2 heterocycles. The third-order valence-electron chi connectivity index (χ3n) is 3.92. The minimum atomic E-state index is -0.00130. The van der Waals surface area contributed by atoms with Crippen molar-refractivity contribution in [3.8, 4) is 0 Å². The molecule has 0 spiro atoms. The summed E-state index contributed by atoms with van der Waals surface area (Å²) in [5, 5.41) is 0.981. The minimum absolute atomic E-state index is 0.00130. The number of aryl methyl sites for hydroxylation is 1. The maximum Gasteiger partial charge on any atom is 0.266 e. The predicted molar refractivity (Wildman–Crippen MR) is 82.3 cm³/mol. The third-order valence-corrected chi connectivity index (χ3v) is 5.26. The lowest BCUT2D eigenvalue weighted by molar-refractivity contribution is 0.0717. The van der Waals surface area contributed by atoms with Crippen LogP contribution in [0.2, 0.25) is 0 Å². The number of hydrogen-bond acceptors (Lipinski definition) is 4. The number of likely N-dealkylation sites (N-methyl/N-ethyl adjacent to an activating group) is 1. The molecule has 0 aliphatic carbocycles. The van der Waals surface area contributed by atoms with Gasteiger partial charge in [-0.25, -0.2) is 0 Å². The first-order valence-corrected chi connectivity index (χ1v) is 7.53. The van der Waals surface area contributed by atoms with Gasteiger partial charge in [0.05, 0.1) is 18.3 Å². The van der Waals surface area contributed by atoms with Crippen LogP contribution in [0.4, 0.5) is 5.69 Å². The molecule has 4 nitrogen and oxygen atoms in total. The van der Waals surface area contributed by atoms with Crippen molar-refractivity contribution in [1.29, 1.82) is 0 Å². The Morgan fingerprint density at radius 1 is 1.50 bits per heavy atom. The van der Waals surface area contributed by atoms with Gasteiger partial charge in [-0.3, -0.25) is 4.79 Å². The van der Waals surface area contributed by atoms with Gasteiger partial charge >= 0.3 is 0 Å². The van der Waals surface area contributed by atoms with Gasteiger partial charge < -0.3 is 15.4 Å². The number of rotatable bonds is 2. The molecule has 5 heteroatoms. The Hall–Kier alpha value is -1.59. The van der Waals surface area contributed by atoms with E-state index in [0.29, 0.717) is 17.2 Å². The van der Waals surface area contributed by atoms with Crippen molar-refractivity contribution in [2.45, 2.75) is 19.4 Å². The molecule has 0 bridgehead atoms. The summed E-state index contributed by atoms with van der Waals surface area (Å²) in [6.45, 7) is 3.39. The number of carbonyl (C=O) groups is 1. The van der Waals surface area contributed by atoms with Crippen molar-refractivity contribution in [3.05, 3.63) is 28.6 Å². The Morgan fingerprint density at radius 2 is 2.30 bits per heavy atom. The summed E-state index contributed by atoms with van der Waals surface area (Å²) < 4.78 is 6.45. The van der Waals surface area contributed by atoms with Crippen LogP contribution in [0.15, 0.2) is 18.2 Å². The van der Waals surface area contributed by atoms with E-state index in [1.54, 1.807) is 4.90 Å². The first-order valence-electron chi connectivity index (χ1n) is 6.72. The molecule has 1 atom stereocenters. The van der Waals surface area contributed by atoms with Gasteiger partial charge in [0.2, 0.25) is 0 Å². The first kappa shape index (κ1) is 13.4. The summed E-state index contributed by atoms with van der Waals surface area (Å²) in [5.41, 5.74) is 7.94. The SMILES string of the molecule is Cc1cccc2c(N)c(C(=O)N(C)C3CCOC3)sc12. The van der Waals surface area contributed by atoms with Crippen molar-refractivity contribution in [3.63, 3.8) is 0 Å². The van der Waals surface area contributed by atoms with Crippen LogP contribution in [0.5, 0.6) is 0 Å². The molecule has 1 aliphatic rings. The molecule has 1 aliphatic heterocycles. The number of carbonyl (C=O) groups excluding carboxylic acids is 1. The van der Waals surface area contributed by atoms with Crippen molar-refractivity contribution in [2.24, 2.45) is 0 Å². The number of fused-ring (bicyclic) bond motifs is 1. The Morgan fingerprint density at radius 3 is 2.95 bits per heavy atom. The topological polar surface area (TPSA) is 55.6 Å². The largest absolute Gasteiger partial charge is 0.397 e. The Balaban J connectivity index is 1.99. The molecule has 2 N–H and O–H groups in total. The number of hydrogen-bond donors (Lipinski definition) is 1. The lowest BCUT2D eigenvalue weighted by Gasteiger charge is -2.22. The molecule has 2 aromatic rings. The molecule has 106 valence electrons. The third kappa shape index (κ3) is 2.07. The molecule has 1 fully saturated rings. The molecule has 1 amide bonds. The summed E-state index contributed by atoms with van der Waals surface area (Å²) in [6.07, 6.45) is 0.895. The molecule has 1 aromatic carbocycles. The Kier molecular flexibility index (Phi) is 3.40. The van der Waals surface area contributed by atoms with Crippen molar-refractivity contribution in [1.82, 2.24) is 4.90 Å². The molecule has 1 aromatic heterocycles. The fraction of sp³-hybridized carbons (Fsp3) is 0.400. The molecule has 1 saturated heterocycles. The summed E-state index contributed by atoms with van der Waals surface area (Å²) in [5.74, 6) is -0.00130. The number of nitrogens with zero attached hydrogens (tertiary/aromatic N) is 1. The van der Waals surface area contributed by atoms with Gasteiger partial charge in [0.25, 0.3) is 5.91 Å². The van der Waals surface area contributed by atoms with E-state index in [1.165, 1.54) is 11.3 Å². The fourth-order valence-electron chi connectivity index (χ4n) is 2.59. The Labute approximate surface area is 122 Å². The molecular formula is C15H18N2O2S. The van der Waals surface area contributed by atoms with Crippen LogP contribution in [0.3, 0.4) is 0 Å².